The Kier molecular flexibility index (Phi) is 2.88. The Morgan fingerprint density at radius 2 is 2.36 bits per heavy atom. The number of aromatic nitrogens is 2. The molecule has 0 aliphatic rings. The van der Waals surface area contributed by atoms with Crippen LogP contribution in [-0.4, -0.2) is 27.7 Å². The van der Waals surface area contributed by atoms with Gasteiger partial charge in [0.05, 0.1) is 11.9 Å². The van der Waals surface area contributed by atoms with E-state index in [0.717, 1.165) is 0 Å². The molecule has 1 amide bonds. The summed E-state index contributed by atoms with van der Waals surface area (Å²) in [5.41, 5.74) is -0.539. The van der Waals surface area contributed by atoms with Crippen LogP contribution in [0.3, 0.4) is 0 Å². The quantitative estimate of drug-likeness (QED) is 0.786. The Morgan fingerprint density at radius 3 is 2.79 bits per heavy atom. The van der Waals surface area contributed by atoms with Crippen LogP contribution in [0.5, 0.6) is 0 Å². The second-order valence-electron chi connectivity index (χ2n) is 3.90. The summed E-state index contributed by atoms with van der Waals surface area (Å²) >= 11 is 0. The van der Waals surface area contributed by atoms with Gasteiger partial charge in [-0.3, -0.25) is 4.79 Å². The first kappa shape index (κ1) is 10.7. The van der Waals surface area contributed by atoms with Gasteiger partial charge in [-0.25, -0.2) is 9.37 Å². The molecular weight excluding hydrogens is 185 g/mol. The molecule has 1 aromatic rings. The molecule has 0 unspecified atom stereocenters. The van der Waals surface area contributed by atoms with Crippen molar-refractivity contribution in [3.63, 3.8) is 0 Å². The summed E-state index contributed by atoms with van der Waals surface area (Å²) in [6.07, 6.45) is 3.11. The summed E-state index contributed by atoms with van der Waals surface area (Å²) in [6, 6.07) is 0. The number of hydrogen-bond acceptors (Lipinski definition) is 2. The Bertz CT molecular complexity index is 333. The maximum atomic E-state index is 12.4. The lowest BCUT2D eigenvalue weighted by Crippen LogP contribution is -2.45. The summed E-state index contributed by atoms with van der Waals surface area (Å²) in [7, 11) is 1.77. The number of aryl methyl sites for hydroxylation is 1. The van der Waals surface area contributed by atoms with Gasteiger partial charge in [0.15, 0.2) is 0 Å². The van der Waals surface area contributed by atoms with Crippen LogP contribution in [0, 0.1) is 0 Å². The van der Waals surface area contributed by atoms with Crippen molar-refractivity contribution < 1.29 is 9.18 Å². The van der Waals surface area contributed by atoms with Gasteiger partial charge in [-0.1, -0.05) is 0 Å². The van der Waals surface area contributed by atoms with Crippen LogP contribution in [0.1, 0.15) is 24.3 Å². The van der Waals surface area contributed by atoms with E-state index in [-0.39, 0.29) is 5.91 Å². The molecule has 0 bridgehead atoms. The predicted molar refractivity (Wildman–Crippen MR) is 50.7 cm³/mol. The van der Waals surface area contributed by atoms with E-state index >= 15 is 0 Å². The van der Waals surface area contributed by atoms with Crippen molar-refractivity contribution in [3.8, 4) is 0 Å². The second-order valence-corrected chi connectivity index (χ2v) is 3.90. The van der Waals surface area contributed by atoms with Crippen LogP contribution in [-0.2, 0) is 7.05 Å². The average Bonchev–Trinajstić information content (AvgIpc) is 2.51. The SMILES string of the molecule is Cn1cnc(C(=O)NC(C)(C)CF)c1. The highest BCUT2D eigenvalue weighted by Gasteiger charge is 2.21. The number of hydrogen-bond donors (Lipinski definition) is 1. The van der Waals surface area contributed by atoms with Crippen molar-refractivity contribution in [1.82, 2.24) is 14.9 Å². The normalized spacial score (nSPS) is 11.4. The second kappa shape index (κ2) is 3.77. The largest absolute Gasteiger partial charge is 0.343 e. The molecule has 78 valence electrons. The summed E-state index contributed by atoms with van der Waals surface area (Å²) in [5.74, 6) is -0.353. The average molecular weight is 199 g/mol. The number of amides is 1. The van der Waals surface area contributed by atoms with Gasteiger partial charge in [0.2, 0.25) is 0 Å². The number of halogens is 1. The lowest BCUT2D eigenvalue weighted by atomic mass is 10.1. The first-order valence-electron chi connectivity index (χ1n) is 4.31. The van der Waals surface area contributed by atoms with Crippen LogP contribution in [0.15, 0.2) is 12.5 Å². The minimum atomic E-state index is -0.839. The Labute approximate surface area is 82.1 Å². The molecule has 0 aliphatic heterocycles. The number of carbonyl (C=O) groups is 1. The molecule has 1 aromatic heterocycles. The highest BCUT2D eigenvalue weighted by molar-refractivity contribution is 5.92. The molecule has 0 spiro atoms. The van der Waals surface area contributed by atoms with Crippen molar-refractivity contribution in [2.75, 3.05) is 6.67 Å². The number of rotatable bonds is 3. The van der Waals surface area contributed by atoms with E-state index in [2.05, 4.69) is 10.3 Å². The minimum absolute atomic E-state index is 0.300. The van der Waals surface area contributed by atoms with Crippen molar-refractivity contribution in [2.24, 2.45) is 7.05 Å². The van der Waals surface area contributed by atoms with E-state index in [1.807, 2.05) is 0 Å². The van der Waals surface area contributed by atoms with Crippen LogP contribution >= 0.6 is 0 Å². The molecule has 14 heavy (non-hydrogen) atoms. The fraction of sp³-hybridized carbons (Fsp3) is 0.556. The zero-order valence-electron chi connectivity index (χ0n) is 8.54. The molecule has 0 saturated heterocycles. The van der Waals surface area contributed by atoms with Gasteiger partial charge < -0.3 is 9.88 Å². The monoisotopic (exact) mass is 199 g/mol. The van der Waals surface area contributed by atoms with Gasteiger partial charge in [-0.15, -0.1) is 0 Å². The third kappa shape index (κ3) is 2.55. The zero-order valence-corrected chi connectivity index (χ0v) is 8.54. The fourth-order valence-corrected chi connectivity index (χ4v) is 0.935. The maximum Gasteiger partial charge on any atom is 0.271 e. The summed E-state index contributed by atoms with van der Waals surface area (Å²) in [4.78, 5) is 15.3. The minimum Gasteiger partial charge on any atom is -0.343 e. The predicted octanol–water partition coefficient (Wildman–Crippen LogP) is 0.898. The highest BCUT2D eigenvalue weighted by Crippen LogP contribution is 2.04. The van der Waals surface area contributed by atoms with E-state index in [1.165, 1.54) is 6.33 Å². The van der Waals surface area contributed by atoms with E-state index in [0.29, 0.717) is 5.69 Å². The number of carbonyl (C=O) groups excluding carboxylic acids is 1. The Balaban J connectivity index is 2.68. The van der Waals surface area contributed by atoms with Gasteiger partial charge in [-0.05, 0) is 13.8 Å². The Morgan fingerprint density at radius 1 is 1.71 bits per heavy atom. The standard InChI is InChI=1S/C9H14FN3O/c1-9(2,5-10)12-8(14)7-4-13(3)6-11-7/h4,6H,5H2,1-3H3,(H,12,14). The smallest absolute Gasteiger partial charge is 0.271 e. The summed E-state index contributed by atoms with van der Waals surface area (Å²) < 4.78 is 14.1. The molecular formula is C9H14FN3O. The highest BCUT2D eigenvalue weighted by atomic mass is 19.1. The summed E-state index contributed by atoms with van der Waals surface area (Å²) in [5, 5.41) is 2.55. The number of imidazole rings is 1. The van der Waals surface area contributed by atoms with Crippen LogP contribution < -0.4 is 5.32 Å². The van der Waals surface area contributed by atoms with E-state index < -0.39 is 12.2 Å². The molecule has 4 nitrogen and oxygen atoms in total. The van der Waals surface area contributed by atoms with Crippen LogP contribution in [0.4, 0.5) is 4.39 Å². The van der Waals surface area contributed by atoms with E-state index in [4.69, 9.17) is 0 Å². The maximum absolute atomic E-state index is 12.4. The zero-order chi connectivity index (χ0) is 10.8. The van der Waals surface area contributed by atoms with E-state index in [9.17, 15) is 9.18 Å². The third-order valence-electron chi connectivity index (χ3n) is 1.72. The van der Waals surface area contributed by atoms with Gasteiger partial charge in [0.25, 0.3) is 5.91 Å². The number of nitrogens with zero attached hydrogens (tertiary/aromatic N) is 2. The van der Waals surface area contributed by atoms with Crippen molar-refractivity contribution in [2.45, 2.75) is 19.4 Å². The molecule has 0 aromatic carbocycles. The molecule has 1 N–H and O–H groups in total. The first-order valence-corrected chi connectivity index (χ1v) is 4.31. The molecule has 0 fully saturated rings. The van der Waals surface area contributed by atoms with Crippen molar-refractivity contribution in [3.05, 3.63) is 18.2 Å². The third-order valence-corrected chi connectivity index (χ3v) is 1.72. The van der Waals surface area contributed by atoms with Crippen LogP contribution in [0.2, 0.25) is 0 Å². The van der Waals surface area contributed by atoms with E-state index in [1.54, 1.807) is 31.7 Å². The molecule has 5 heteroatoms. The van der Waals surface area contributed by atoms with Gasteiger partial charge in [-0.2, -0.15) is 0 Å². The molecule has 0 atom stereocenters. The molecule has 0 aliphatic carbocycles. The van der Waals surface area contributed by atoms with Gasteiger partial charge in [0.1, 0.15) is 12.4 Å². The van der Waals surface area contributed by atoms with Crippen molar-refractivity contribution in [1.29, 1.82) is 0 Å². The van der Waals surface area contributed by atoms with Crippen LogP contribution in [0.25, 0.3) is 0 Å². The lowest BCUT2D eigenvalue weighted by molar-refractivity contribution is 0.0895. The number of nitrogens with one attached hydrogen (secondary N) is 1. The number of alkyl halides is 1. The molecule has 1 heterocycles. The van der Waals surface area contributed by atoms with Crippen molar-refractivity contribution >= 4 is 5.91 Å². The molecule has 0 radical (unpaired) electrons. The summed E-state index contributed by atoms with van der Waals surface area (Å²) in [6.45, 7) is 2.63. The fourth-order valence-electron chi connectivity index (χ4n) is 0.935. The molecule has 1 rings (SSSR count). The first-order chi connectivity index (χ1) is 6.44. The lowest BCUT2D eigenvalue weighted by Gasteiger charge is -2.21. The Hall–Kier alpha value is -1.39. The molecule has 0 saturated carbocycles. The van der Waals surface area contributed by atoms with Gasteiger partial charge in [0, 0.05) is 13.2 Å². The van der Waals surface area contributed by atoms with Gasteiger partial charge >= 0.3 is 0 Å². The topological polar surface area (TPSA) is 46.9 Å².